The lowest BCUT2D eigenvalue weighted by molar-refractivity contribution is 1.12. The molecule has 1 aliphatic rings. The summed E-state index contributed by atoms with van der Waals surface area (Å²) >= 11 is 1.87. The molecule has 1 aliphatic carbocycles. The molecule has 0 atom stereocenters. The summed E-state index contributed by atoms with van der Waals surface area (Å²) in [7, 11) is 0. The van der Waals surface area contributed by atoms with Crippen LogP contribution >= 0.6 is 11.3 Å². The van der Waals surface area contributed by atoms with Crippen LogP contribution in [0, 0.1) is 6.92 Å². The van der Waals surface area contributed by atoms with Crippen LogP contribution in [0.25, 0.3) is 0 Å². The monoisotopic (exact) mass is 138 g/mol. The number of aryl methyl sites for hydroxylation is 1. The Labute approximate surface area is 59.5 Å². The fourth-order valence-corrected chi connectivity index (χ4v) is 2.00. The zero-order chi connectivity index (χ0) is 6.27. The normalized spacial score (nSPS) is 18.3. The van der Waals surface area contributed by atoms with Gasteiger partial charge in [0.05, 0.1) is 0 Å². The summed E-state index contributed by atoms with van der Waals surface area (Å²) < 4.78 is 0. The molecule has 0 bridgehead atoms. The predicted molar refractivity (Wildman–Crippen MR) is 41.0 cm³/mol. The summed E-state index contributed by atoms with van der Waals surface area (Å²) in [4.78, 5) is 1.53. The van der Waals surface area contributed by atoms with Crippen LogP contribution in [0.5, 0.6) is 0 Å². The average molecular weight is 138 g/mol. The van der Waals surface area contributed by atoms with Crippen molar-refractivity contribution in [2.24, 2.45) is 0 Å². The molecule has 48 valence electrons. The second-order valence-corrected chi connectivity index (χ2v) is 3.83. The Balaban J connectivity index is 2.35. The summed E-state index contributed by atoms with van der Waals surface area (Å²) in [6.45, 7) is 2.22. The quantitative estimate of drug-likeness (QED) is 0.559. The van der Waals surface area contributed by atoms with E-state index in [-0.39, 0.29) is 0 Å². The molecule has 0 aliphatic heterocycles. The lowest BCUT2D eigenvalue weighted by Crippen LogP contribution is -1.73. The molecule has 0 N–H and O–H groups in total. The molecule has 1 heterocycles. The van der Waals surface area contributed by atoms with Gasteiger partial charge in [-0.25, -0.2) is 0 Å². The third-order valence-corrected chi connectivity index (χ3v) is 2.78. The zero-order valence-electron chi connectivity index (χ0n) is 5.55. The molecule has 0 nitrogen and oxygen atoms in total. The summed E-state index contributed by atoms with van der Waals surface area (Å²) in [5, 5.41) is 2.20. The van der Waals surface area contributed by atoms with E-state index in [1.54, 1.807) is 5.56 Å². The third-order valence-electron chi connectivity index (χ3n) is 1.92. The van der Waals surface area contributed by atoms with E-state index in [9.17, 15) is 0 Å². The Morgan fingerprint density at radius 1 is 1.56 bits per heavy atom. The molecule has 1 aromatic rings. The van der Waals surface area contributed by atoms with Gasteiger partial charge < -0.3 is 0 Å². The van der Waals surface area contributed by atoms with Crippen molar-refractivity contribution in [3.63, 3.8) is 0 Å². The Morgan fingerprint density at radius 2 is 2.33 bits per heavy atom. The van der Waals surface area contributed by atoms with Crippen molar-refractivity contribution in [3.8, 4) is 0 Å². The molecule has 0 amide bonds. The van der Waals surface area contributed by atoms with Crippen molar-refractivity contribution < 1.29 is 0 Å². The van der Waals surface area contributed by atoms with Gasteiger partial charge in [0.2, 0.25) is 0 Å². The van der Waals surface area contributed by atoms with Gasteiger partial charge in [0.15, 0.2) is 0 Å². The molecule has 0 spiro atoms. The van der Waals surface area contributed by atoms with Crippen LogP contribution in [0.2, 0.25) is 0 Å². The van der Waals surface area contributed by atoms with Gasteiger partial charge in [0, 0.05) is 4.88 Å². The molecule has 1 fully saturated rings. The van der Waals surface area contributed by atoms with E-state index < -0.39 is 0 Å². The summed E-state index contributed by atoms with van der Waals surface area (Å²) in [5.41, 5.74) is 1.61. The maximum atomic E-state index is 2.28. The van der Waals surface area contributed by atoms with Crippen LogP contribution in [-0.2, 0) is 0 Å². The van der Waals surface area contributed by atoms with Crippen molar-refractivity contribution in [2.75, 3.05) is 0 Å². The van der Waals surface area contributed by atoms with E-state index in [0.717, 1.165) is 5.92 Å². The van der Waals surface area contributed by atoms with E-state index >= 15 is 0 Å². The highest BCUT2D eigenvalue weighted by atomic mass is 32.1. The fraction of sp³-hybridized carbons (Fsp3) is 0.500. The first-order valence-corrected chi connectivity index (χ1v) is 4.30. The molecular formula is C8H10S. The van der Waals surface area contributed by atoms with Gasteiger partial charge in [-0.05, 0) is 42.7 Å². The lowest BCUT2D eigenvalue weighted by atomic mass is 10.2. The summed E-state index contributed by atoms with van der Waals surface area (Å²) in [5.74, 6) is 0.941. The van der Waals surface area contributed by atoms with Gasteiger partial charge in [0.25, 0.3) is 0 Å². The van der Waals surface area contributed by atoms with Crippen LogP contribution < -0.4 is 0 Å². The van der Waals surface area contributed by atoms with Crippen LogP contribution in [0.4, 0.5) is 0 Å². The molecule has 0 unspecified atom stereocenters. The minimum atomic E-state index is 0.941. The zero-order valence-corrected chi connectivity index (χ0v) is 6.37. The number of rotatable bonds is 1. The van der Waals surface area contributed by atoms with Crippen molar-refractivity contribution >= 4 is 11.3 Å². The minimum Gasteiger partial charge on any atom is -0.149 e. The van der Waals surface area contributed by atoms with E-state index in [4.69, 9.17) is 0 Å². The highest BCUT2D eigenvalue weighted by Crippen LogP contribution is 2.42. The van der Waals surface area contributed by atoms with E-state index in [1.165, 1.54) is 17.7 Å². The van der Waals surface area contributed by atoms with Crippen LogP contribution in [0.1, 0.15) is 29.2 Å². The van der Waals surface area contributed by atoms with Crippen molar-refractivity contribution in [3.05, 3.63) is 21.9 Å². The second kappa shape index (κ2) is 1.84. The summed E-state index contributed by atoms with van der Waals surface area (Å²) in [6.07, 6.45) is 2.86. The maximum Gasteiger partial charge on any atom is 0.00490 e. The van der Waals surface area contributed by atoms with Gasteiger partial charge in [-0.3, -0.25) is 0 Å². The van der Waals surface area contributed by atoms with Crippen molar-refractivity contribution in [2.45, 2.75) is 25.7 Å². The first kappa shape index (κ1) is 5.48. The van der Waals surface area contributed by atoms with Gasteiger partial charge in [-0.15, -0.1) is 11.3 Å². The largest absolute Gasteiger partial charge is 0.149 e. The number of hydrogen-bond donors (Lipinski definition) is 0. The van der Waals surface area contributed by atoms with Gasteiger partial charge in [-0.1, -0.05) is 0 Å². The molecule has 0 aromatic carbocycles. The highest BCUT2D eigenvalue weighted by Gasteiger charge is 2.24. The van der Waals surface area contributed by atoms with Crippen LogP contribution in [0.15, 0.2) is 11.4 Å². The first-order chi connectivity index (χ1) is 4.38. The Kier molecular flexibility index (Phi) is 1.12. The topological polar surface area (TPSA) is 0 Å². The summed E-state index contributed by atoms with van der Waals surface area (Å²) in [6, 6.07) is 2.28. The van der Waals surface area contributed by atoms with Gasteiger partial charge in [0.1, 0.15) is 0 Å². The number of thiophene rings is 1. The average Bonchev–Trinajstić information content (AvgIpc) is 2.58. The molecule has 1 saturated carbocycles. The van der Waals surface area contributed by atoms with Crippen molar-refractivity contribution in [1.29, 1.82) is 0 Å². The van der Waals surface area contributed by atoms with Crippen LogP contribution in [0.3, 0.4) is 0 Å². The first-order valence-electron chi connectivity index (χ1n) is 3.42. The van der Waals surface area contributed by atoms with Gasteiger partial charge in [-0.2, -0.15) is 0 Å². The maximum absolute atomic E-state index is 2.28. The molecular weight excluding hydrogens is 128 g/mol. The minimum absolute atomic E-state index is 0.941. The second-order valence-electron chi connectivity index (χ2n) is 2.71. The van der Waals surface area contributed by atoms with Crippen LogP contribution in [-0.4, -0.2) is 0 Å². The van der Waals surface area contributed by atoms with E-state index in [1.807, 2.05) is 11.3 Å². The van der Waals surface area contributed by atoms with Crippen molar-refractivity contribution in [1.82, 2.24) is 0 Å². The highest BCUT2D eigenvalue weighted by molar-refractivity contribution is 7.10. The molecule has 2 rings (SSSR count). The molecule has 9 heavy (non-hydrogen) atoms. The Hall–Kier alpha value is -0.300. The Bertz CT molecular complexity index is 208. The predicted octanol–water partition coefficient (Wildman–Crippen LogP) is 2.93. The third kappa shape index (κ3) is 0.897. The molecule has 1 heteroatoms. The molecule has 0 radical (unpaired) electrons. The van der Waals surface area contributed by atoms with E-state index in [0.29, 0.717) is 0 Å². The Morgan fingerprint density at radius 3 is 2.78 bits per heavy atom. The smallest absolute Gasteiger partial charge is 0.00490 e. The standard InChI is InChI=1S/C8H10S/c1-6-8(4-5-9-6)7-2-3-7/h4-5,7H,2-3H2,1H3. The number of hydrogen-bond acceptors (Lipinski definition) is 1. The fourth-order valence-electron chi connectivity index (χ4n) is 1.21. The van der Waals surface area contributed by atoms with Gasteiger partial charge >= 0.3 is 0 Å². The SMILES string of the molecule is Cc1sccc1C1CC1. The van der Waals surface area contributed by atoms with E-state index in [2.05, 4.69) is 18.4 Å². The molecule has 0 saturated heterocycles. The lowest BCUT2D eigenvalue weighted by Gasteiger charge is -1.90. The molecule has 1 aromatic heterocycles.